The van der Waals surface area contributed by atoms with Crippen LogP contribution in [0.4, 0.5) is 0 Å². The third-order valence-corrected chi connectivity index (χ3v) is 11.9. The van der Waals surface area contributed by atoms with Crippen LogP contribution in [0, 0.1) is 0 Å². The van der Waals surface area contributed by atoms with Crippen LogP contribution in [-0.2, 0) is 38.0 Å². The number of rotatable bonds is 40. The van der Waals surface area contributed by atoms with E-state index in [0.717, 1.165) is 77.0 Å². The van der Waals surface area contributed by atoms with Crippen molar-refractivity contribution in [2.45, 2.75) is 210 Å². The van der Waals surface area contributed by atoms with Crippen LogP contribution in [0.2, 0.25) is 0 Å². The lowest BCUT2D eigenvalue weighted by atomic mass is 9.98. The maximum absolute atomic E-state index is 13.0. The molecule has 15 heteroatoms. The van der Waals surface area contributed by atoms with Crippen molar-refractivity contribution < 1.29 is 73.8 Å². The molecule has 11 atom stereocenters. The Bertz CT molecular complexity index is 1750. The first-order valence-electron chi connectivity index (χ1n) is 27.1. The van der Waals surface area contributed by atoms with Crippen LogP contribution in [0.3, 0.4) is 0 Å². The molecule has 2 saturated heterocycles. The Morgan fingerprint density at radius 2 is 0.878 bits per heavy atom. The van der Waals surface area contributed by atoms with E-state index in [9.17, 15) is 45.3 Å². The first-order valence-corrected chi connectivity index (χ1v) is 27.1. The van der Waals surface area contributed by atoms with Gasteiger partial charge in [0.15, 0.2) is 18.7 Å². The van der Waals surface area contributed by atoms with Crippen molar-refractivity contribution in [3.63, 3.8) is 0 Å². The molecule has 418 valence electrons. The van der Waals surface area contributed by atoms with Crippen LogP contribution in [0.1, 0.15) is 142 Å². The normalized spacial score (nSPS) is 25.6. The molecule has 0 bridgehead atoms. The molecule has 0 aromatic carbocycles. The van der Waals surface area contributed by atoms with Crippen LogP contribution < -0.4 is 0 Å². The Morgan fingerprint density at radius 1 is 0.446 bits per heavy atom. The summed E-state index contributed by atoms with van der Waals surface area (Å²) in [5.74, 6) is -1.07. The van der Waals surface area contributed by atoms with Crippen LogP contribution in [0.5, 0.6) is 0 Å². The van der Waals surface area contributed by atoms with Gasteiger partial charge in [-0.05, 0) is 96.3 Å². The average molecular weight is 1040 g/mol. The first kappa shape index (κ1) is 66.0. The molecule has 7 N–H and O–H groups in total. The van der Waals surface area contributed by atoms with Gasteiger partial charge in [0, 0.05) is 12.8 Å². The molecular weight excluding hydrogens is 949 g/mol. The summed E-state index contributed by atoms with van der Waals surface area (Å²) in [6, 6.07) is 0. The van der Waals surface area contributed by atoms with E-state index in [2.05, 4.69) is 123 Å². The molecule has 0 spiro atoms. The summed E-state index contributed by atoms with van der Waals surface area (Å²) in [6.07, 6.45) is 42.3. The molecule has 2 heterocycles. The molecule has 0 aliphatic carbocycles. The summed E-state index contributed by atoms with van der Waals surface area (Å²) in [6.45, 7) is 2.31. The molecule has 2 fully saturated rings. The Morgan fingerprint density at radius 3 is 1.36 bits per heavy atom. The zero-order valence-electron chi connectivity index (χ0n) is 44.3. The van der Waals surface area contributed by atoms with Crippen molar-refractivity contribution in [2.24, 2.45) is 0 Å². The number of ether oxygens (including phenoxy) is 6. The molecule has 2 aliphatic rings. The number of unbranched alkanes of at least 4 members (excludes halogenated alkanes) is 6. The molecule has 0 amide bonds. The van der Waals surface area contributed by atoms with Crippen molar-refractivity contribution >= 4 is 11.9 Å². The van der Waals surface area contributed by atoms with Gasteiger partial charge >= 0.3 is 11.9 Å². The molecule has 0 radical (unpaired) electrons. The molecule has 0 aromatic heterocycles. The van der Waals surface area contributed by atoms with E-state index in [1.807, 2.05) is 12.2 Å². The van der Waals surface area contributed by atoms with Crippen molar-refractivity contribution in [2.75, 3.05) is 26.4 Å². The summed E-state index contributed by atoms with van der Waals surface area (Å²) < 4.78 is 33.5. The molecule has 0 aromatic rings. The third-order valence-electron chi connectivity index (χ3n) is 11.9. The Balaban J connectivity index is 1.85. The number of allylic oxidation sites excluding steroid dienone is 20. The van der Waals surface area contributed by atoms with E-state index in [0.29, 0.717) is 19.3 Å². The highest BCUT2D eigenvalue weighted by molar-refractivity contribution is 5.70. The minimum atomic E-state index is -1.79. The second-order valence-corrected chi connectivity index (χ2v) is 18.3. The number of esters is 2. The summed E-state index contributed by atoms with van der Waals surface area (Å²) in [5.41, 5.74) is 0. The molecule has 0 saturated carbocycles. The van der Waals surface area contributed by atoms with E-state index < -0.39 is 99.3 Å². The van der Waals surface area contributed by atoms with Crippen LogP contribution in [-0.4, -0.2) is 142 Å². The topological polar surface area (TPSA) is 231 Å². The average Bonchev–Trinajstić information content (AvgIpc) is 3.39. The maximum Gasteiger partial charge on any atom is 0.306 e. The molecule has 15 nitrogen and oxygen atoms in total. The van der Waals surface area contributed by atoms with Crippen molar-refractivity contribution in [3.8, 4) is 0 Å². The number of carbonyl (C=O) groups is 2. The molecule has 74 heavy (non-hydrogen) atoms. The lowest BCUT2D eigenvalue weighted by Crippen LogP contribution is -2.61. The van der Waals surface area contributed by atoms with Gasteiger partial charge in [-0.2, -0.15) is 0 Å². The van der Waals surface area contributed by atoms with Crippen LogP contribution in [0.15, 0.2) is 122 Å². The summed E-state index contributed by atoms with van der Waals surface area (Å²) in [5, 5.41) is 72.2. The predicted octanol–water partition coefficient (Wildman–Crippen LogP) is 8.49. The number of aliphatic hydroxyl groups is 7. The number of carbonyl (C=O) groups excluding carboxylic acids is 2. The number of aliphatic hydroxyl groups excluding tert-OH is 7. The Kier molecular flexibility index (Phi) is 39.3. The summed E-state index contributed by atoms with van der Waals surface area (Å²) in [4.78, 5) is 25.8. The van der Waals surface area contributed by atoms with Crippen molar-refractivity contribution in [1.29, 1.82) is 0 Å². The van der Waals surface area contributed by atoms with E-state index >= 15 is 0 Å². The summed E-state index contributed by atoms with van der Waals surface area (Å²) >= 11 is 0. The Hall–Kier alpha value is -4.10. The van der Waals surface area contributed by atoms with E-state index in [1.54, 1.807) is 0 Å². The monoisotopic (exact) mass is 1040 g/mol. The predicted molar refractivity (Wildman–Crippen MR) is 288 cm³/mol. The van der Waals surface area contributed by atoms with Gasteiger partial charge in [-0.25, -0.2) is 0 Å². The second-order valence-electron chi connectivity index (χ2n) is 18.3. The molecule has 4 unspecified atom stereocenters. The molecule has 2 aliphatic heterocycles. The smallest absolute Gasteiger partial charge is 0.306 e. The van der Waals surface area contributed by atoms with Gasteiger partial charge in [0.1, 0.15) is 55.4 Å². The molecular formula is C59H92O15. The lowest BCUT2D eigenvalue weighted by molar-refractivity contribution is -0.332. The van der Waals surface area contributed by atoms with Gasteiger partial charge in [-0.15, -0.1) is 0 Å². The zero-order valence-corrected chi connectivity index (χ0v) is 44.3. The van der Waals surface area contributed by atoms with E-state index in [1.165, 1.54) is 19.3 Å². The third kappa shape index (κ3) is 31.1. The van der Waals surface area contributed by atoms with Gasteiger partial charge in [0.05, 0.1) is 19.8 Å². The minimum absolute atomic E-state index is 0.0772. The largest absolute Gasteiger partial charge is 0.462 e. The first-order chi connectivity index (χ1) is 36.0. The van der Waals surface area contributed by atoms with Gasteiger partial charge in [0.25, 0.3) is 0 Å². The van der Waals surface area contributed by atoms with Crippen molar-refractivity contribution in [1.82, 2.24) is 0 Å². The second kappa shape index (κ2) is 44.1. The van der Waals surface area contributed by atoms with Crippen LogP contribution in [0.25, 0.3) is 0 Å². The maximum atomic E-state index is 13.0. The lowest BCUT2D eigenvalue weighted by Gasteiger charge is -2.42. The van der Waals surface area contributed by atoms with Gasteiger partial charge < -0.3 is 64.2 Å². The van der Waals surface area contributed by atoms with Crippen LogP contribution >= 0.6 is 0 Å². The van der Waals surface area contributed by atoms with Gasteiger partial charge in [-0.1, -0.05) is 155 Å². The van der Waals surface area contributed by atoms with Gasteiger partial charge in [-0.3, -0.25) is 9.59 Å². The highest BCUT2D eigenvalue weighted by atomic mass is 16.7. The highest BCUT2D eigenvalue weighted by Gasteiger charge is 2.47. The minimum Gasteiger partial charge on any atom is -0.462 e. The fourth-order valence-corrected chi connectivity index (χ4v) is 7.52. The Labute approximate surface area is 442 Å². The highest BCUT2D eigenvalue weighted by Crippen LogP contribution is 2.26. The van der Waals surface area contributed by atoms with E-state index in [-0.39, 0.29) is 19.4 Å². The van der Waals surface area contributed by atoms with Crippen molar-refractivity contribution in [3.05, 3.63) is 122 Å². The fourth-order valence-electron chi connectivity index (χ4n) is 7.52. The number of hydrogen-bond acceptors (Lipinski definition) is 15. The fraction of sp³-hybridized carbons (Fsp3) is 0.627. The van der Waals surface area contributed by atoms with E-state index in [4.69, 9.17) is 28.4 Å². The zero-order chi connectivity index (χ0) is 53.9. The number of hydrogen-bond donors (Lipinski definition) is 7. The molecule has 2 rings (SSSR count). The SMILES string of the molecule is CC/C=C/C/C=C/C/C=C/C/C=C/C/C=C/C/C=C/CCC(=O)OC[C@@H](CO[C@@H]1O[C@H](CO[C@@H]2O[C@H](CO)[C@H](O)C(O)C2O)[C@H](O)C(O)C1O)OC(=O)CCCCC/C=C/C/C=C/C/C=C/C/C=C/CCCCC. The van der Waals surface area contributed by atoms with Gasteiger partial charge in [0.2, 0.25) is 0 Å². The quantitative estimate of drug-likeness (QED) is 0.0173. The summed E-state index contributed by atoms with van der Waals surface area (Å²) in [7, 11) is 0. The standard InChI is InChI=1S/C59H92O15/c1-3-5-7-9-11-13-15-17-19-21-23-25-27-29-31-33-35-37-39-41-50(61)69-44-47(72-51(62)42-40-38-36-34-32-30-28-26-24-22-20-18-16-14-12-10-8-6-4-2)45-70-58-57(68)55(66)53(64)49(74-58)46-71-59-56(67)54(65)52(63)48(43-60)73-59/h5,7,11-14,17-20,23-26,29-32,35,37,47-49,52-60,63-68H,3-4,6,8-10,15-16,21-22,27-28,33-34,36,38-46H2,1-2H3/b7-5+,13-11+,14-12+,19-17+,20-18+,25-23+,26-24+,31-29+,32-30+,37-35+/t47-,48+,49+,52-,53-,54?,55?,56?,57?,58+,59+/m0/s1.